The van der Waals surface area contributed by atoms with Gasteiger partial charge in [-0.05, 0) is 18.1 Å². The second kappa shape index (κ2) is 4.42. The van der Waals surface area contributed by atoms with Gasteiger partial charge in [0.25, 0.3) is 0 Å². The molecule has 1 rings (SSSR count). The molecule has 0 aliphatic heterocycles. The van der Waals surface area contributed by atoms with Crippen molar-refractivity contribution >= 4 is 22.6 Å². The molecule has 0 aliphatic carbocycles. The van der Waals surface area contributed by atoms with Crippen LogP contribution in [-0.4, -0.2) is 19.9 Å². The SMILES string of the molecule is CC(C)CN(C)c1ccc(C=O)s1. The molecule has 0 bridgehead atoms. The van der Waals surface area contributed by atoms with Gasteiger partial charge in [0.05, 0.1) is 9.88 Å². The summed E-state index contributed by atoms with van der Waals surface area (Å²) in [5, 5.41) is 1.16. The zero-order valence-corrected chi connectivity index (χ0v) is 9.10. The van der Waals surface area contributed by atoms with E-state index in [-0.39, 0.29) is 0 Å². The number of carbonyl (C=O) groups excluding carboxylic acids is 1. The summed E-state index contributed by atoms with van der Waals surface area (Å²) in [7, 11) is 2.06. The van der Waals surface area contributed by atoms with E-state index in [0.717, 1.165) is 22.7 Å². The van der Waals surface area contributed by atoms with Gasteiger partial charge in [0.15, 0.2) is 6.29 Å². The lowest BCUT2D eigenvalue weighted by atomic mass is 10.2. The summed E-state index contributed by atoms with van der Waals surface area (Å²) >= 11 is 1.54. The first-order valence-electron chi connectivity index (χ1n) is 4.39. The van der Waals surface area contributed by atoms with E-state index in [1.54, 1.807) is 11.3 Å². The Bertz CT molecular complexity index is 280. The molecule has 0 amide bonds. The smallest absolute Gasteiger partial charge is 0.160 e. The van der Waals surface area contributed by atoms with E-state index in [9.17, 15) is 4.79 Å². The fourth-order valence-corrected chi connectivity index (χ4v) is 2.04. The van der Waals surface area contributed by atoms with Gasteiger partial charge in [-0.3, -0.25) is 4.79 Å². The van der Waals surface area contributed by atoms with Crippen LogP contribution in [0.1, 0.15) is 23.5 Å². The van der Waals surface area contributed by atoms with Crippen LogP contribution in [0.4, 0.5) is 5.00 Å². The van der Waals surface area contributed by atoms with Crippen molar-refractivity contribution in [3.8, 4) is 0 Å². The van der Waals surface area contributed by atoms with Crippen molar-refractivity contribution in [1.82, 2.24) is 0 Å². The van der Waals surface area contributed by atoms with Crippen molar-refractivity contribution in [3.05, 3.63) is 17.0 Å². The van der Waals surface area contributed by atoms with Crippen LogP contribution in [0.25, 0.3) is 0 Å². The molecule has 0 aromatic carbocycles. The normalized spacial score (nSPS) is 10.5. The highest BCUT2D eigenvalue weighted by Gasteiger charge is 2.05. The monoisotopic (exact) mass is 197 g/mol. The number of carbonyl (C=O) groups is 1. The first-order chi connectivity index (χ1) is 6.13. The zero-order chi connectivity index (χ0) is 9.84. The molecule has 0 saturated heterocycles. The quantitative estimate of drug-likeness (QED) is 0.692. The summed E-state index contributed by atoms with van der Waals surface area (Å²) in [6, 6.07) is 3.86. The summed E-state index contributed by atoms with van der Waals surface area (Å²) < 4.78 is 0. The van der Waals surface area contributed by atoms with Gasteiger partial charge in [0.2, 0.25) is 0 Å². The number of aldehydes is 1. The summed E-state index contributed by atoms with van der Waals surface area (Å²) in [5.74, 6) is 0.645. The fourth-order valence-electron chi connectivity index (χ4n) is 1.25. The lowest BCUT2D eigenvalue weighted by Crippen LogP contribution is -2.21. The summed E-state index contributed by atoms with van der Waals surface area (Å²) in [6.45, 7) is 5.40. The van der Waals surface area contributed by atoms with Gasteiger partial charge >= 0.3 is 0 Å². The van der Waals surface area contributed by atoms with Crippen LogP contribution >= 0.6 is 11.3 Å². The van der Waals surface area contributed by atoms with Crippen molar-refractivity contribution in [3.63, 3.8) is 0 Å². The Kier molecular flexibility index (Phi) is 3.48. The topological polar surface area (TPSA) is 20.3 Å². The van der Waals surface area contributed by atoms with Crippen molar-refractivity contribution in [2.75, 3.05) is 18.5 Å². The van der Waals surface area contributed by atoms with E-state index in [1.807, 2.05) is 12.1 Å². The lowest BCUT2D eigenvalue weighted by molar-refractivity contribution is 0.112. The van der Waals surface area contributed by atoms with Crippen LogP contribution in [0.2, 0.25) is 0 Å². The van der Waals surface area contributed by atoms with Crippen LogP contribution < -0.4 is 4.90 Å². The van der Waals surface area contributed by atoms with E-state index < -0.39 is 0 Å². The molecule has 0 fully saturated rings. The minimum Gasteiger partial charge on any atom is -0.366 e. The molecule has 0 N–H and O–H groups in total. The molecule has 3 heteroatoms. The molecule has 0 spiro atoms. The highest BCUT2D eigenvalue weighted by Crippen LogP contribution is 2.24. The summed E-state index contributed by atoms with van der Waals surface area (Å²) in [4.78, 5) is 13.4. The van der Waals surface area contributed by atoms with Gasteiger partial charge in [-0.15, -0.1) is 11.3 Å². The Labute approximate surface area is 83.2 Å². The van der Waals surface area contributed by atoms with Gasteiger partial charge in [-0.1, -0.05) is 13.8 Å². The molecule has 1 aromatic rings. The number of hydrogen-bond acceptors (Lipinski definition) is 3. The number of rotatable bonds is 4. The molecule has 1 aromatic heterocycles. The Morgan fingerprint density at radius 1 is 1.54 bits per heavy atom. The molecule has 2 nitrogen and oxygen atoms in total. The zero-order valence-electron chi connectivity index (χ0n) is 8.28. The molecule has 72 valence electrons. The highest BCUT2D eigenvalue weighted by molar-refractivity contribution is 7.17. The number of thiophene rings is 1. The van der Waals surface area contributed by atoms with E-state index in [2.05, 4.69) is 25.8 Å². The number of nitrogens with zero attached hydrogens (tertiary/aromatic N) is 1. The van der Waals surface area contributed by atoms with Crippen molar-refractivity contribution < 1.29 is 4.79 Å². The number of hydrogen-bond donors (Lipinski definition) is 0. The molecule has 1 heterocycles. The van der Waals surface area contributed by atoms with Gasteiger partial charge in [-0.25, -0.2) is 0 Å². The third-order valence-corrected chi connectivity index (χ3v) is 2.87. The molecule has 0 radical (unpaired) electrons. The first kappa shape index (κ1) is 10.3. The number of anilines is 1. The average molecular weight is 197 g/mol. The van der Waals surface area contributed by atoms with Crippen LogP contribution in [0.15, 0.2) is 12.1 Å². The van der Waals surface area contributed by atoms with Crippen LogP contribution in [0.3, 0.4) is 0 Å². The van der Waals surface area contributed by atoms with Crippen molar-refractivity contribution in [2.24, 2.45) is 5.92 Å². The molecular formula is C10H15NOS. The predicted octanol–water partition coefficient (Wildman–Crippen LogP) is 2.65. The fraction of sp³-hybridized carbons (Fsp3) is 0.500. The van der Waals surface area contributed by atoms with Crippen molar-refractivity contribution in [1.29, 1.82) is 0 Å². The molecule has 0 saturated carbocycles. The Morgan fingerprint density at radius 3 is 2.69 bits per heavy atom. The third-order valence-electron chi connectivity index (χ3n) is 1.74. The Morgan fingerprint density at radius 2 is 2.23 bits per heavy atom. The summed E-state index contributed by atoms with van der Waals surface area (Å²) in [5.41, 5.74) is 0. The summed E-state index contributed by atoms with van der Waals surface area (Å²) in [6.07, 6.45) is 0.900. The maximum atomic E-state index is 10.5. The lowest BCUT2D eigenvalue weighted by Gasteiger charge is -2.18. The van der Waals surface area contributed by atoms with Crippen molar-refractivity contribution in [2.45, 2.75) is 13.8 Å². The van der Waals surface area contributed by atoms with E-state index >= 15 is 0 Å². The molecular weight excluding hydrogens is 182 g/mol. The van der Waals surface area contributed by atoms with E-state index in [1.165, 1.54) is 0 Å². The van der Waals surface area contributed by atoms with Crippen LogP contribution in [0.5, 0.6) is 0 Å². The molecule has 0 unspecified atom stereocenters. The standard InChI is InChI=1S/C10H15NOS/c1-8(2)6-11(3)10-5-4-9(7-12)13-10/h4-5,7-8H,6H2,1-3H3. The van der Waals surface area contributed by atoms with Gasteiger partial charge < -0.3 is 4.90 Å². The van der Waals surface area contributed by atoms with Crippen LogP contribution in [-0.2, 0) is 0 Å². The molecule has 0 aliphatic rings. The largest absolute Gasteiger partial charge is 0.366 e. The predicted molar refractivity (Wildman–Crippen MR) is 57.8 cm³/mol. The maximum Gasteiger partial charge on any atom is 0.160 e. The van der Waals surface area contributed by atoms with E-state index in [4.69, 9.17) is 0 Å². The minimum atomic E-state index is 0.645. The van der Waals surface area contributed by atoms with Gasteiger partial charge in [0.1, 0.15) is 0 Å². The van der Waals surface area contributed by atoms with Gasteiger partial charge in [0, 0.05) is 13.6 Å². The van der Waals surface area contributed by atoms with Crippen LogP contribution in [0, 0.1) is 5.92 Å². The molecule has 13 heavy (non-hydrogen) atoms. The van der Waals surface area contributed by atoms with E-state index in [0.29, 0.717) is 5.92 Å². The third kappa shape index (κ3) is 2.84. The minimum absolute atomic E-state index is 0.645. The molecule has 0 atom stereocenters. The average Bonchev–Trinajstić information content (AvgIpc) is 2.50. The highest BCUT2D eigenvalue weighted by atomic mass is 32.1. The van der Waals surface area contributed by atoms with Gasteiger partial charge in [-0.2, -0.15) is 0 Å². The maximum absolute atomic E-state index is 10.5. The second-order valence-electron chi connectivity index (χ2n) is 3.57. The Hall–Kier alpha value is -0.830. The Balaban J connectivity index is 2.65. The first-order valence-corrected chi connectivity index (χ1v) is 5.21. The second-order valence-corrected chi connectivity index (χ2v) is 4.66.